The molecule has 1 aromatic rings. The zero-order valence-corrected chi connectivity index (χ0v) is 17.4. The van der Waals surface area contributed by atoms with Gasteiger partial charge in [0.2, 0.25) is 5.91 Å². The van der Waals surface area contributed by atoms with Gasteiger partial charge in [-0.2, -0.15) is 0 Å². The van der Waals surface area contributed by atoms with E-state index in [2.05, 4.69) is 47.6 Å². The van der Waals surface area contributed by atoms with Crippen LogP contribution in [0.1, 0.15) is 36.8 Å². The number of piperidine rings is 1. The molecule has 2 unspecified atom stereocenters. The van der Waals surface area contributed by atoms with Gasteiger partial charge >= 0.3 is 0 Å². The van der Waals surface area contributed by atoms with Crippen LogP contribution in [-0.4, -0.2) is 56.2 Å². The first kappa shape index (κ1) is 22.0. The Morgan fingerprint density at radius 3 is 2.74 bits per heavy atom. The second-order valence-electron chi connectivity index (χ2n) is 7.77. The van der Waals surface area contributed by atoms with E-state index in [1.165, 1.54) is 24.0 Å². The lowest BCUT2D eigenvalue weighted by Gasteiger charge is -2.33. The number of para-hydroxylation sites is 1. The van der Waals surface area contributed by atoms with E-state index in [-0.39, 0.29) is 24.4 Å². The number of ether oxygens (including phenoxy) is 1. The summed E-state index contributed by atoms with van der Waals surface area (Å²) in [6.45, 7) is 9.81. The average molecular weight is 396 g/mol. The number of hydrogen-bond donors (Lipinski definition) is 2. The zero-order valence-electron chi connectivity index (χ0n) is 16.6. The molecule has 0 spiro atoms. The molecule has 2 atom stereocenters. The Morgan fingerprint density at radius 2 is 2.04 bits per heavy atom. The van der Waals surface area contributed by atoms with Crippen LogP contribution >= 0.6 is 12.4 Å². The van der Waals surface area contributed by atoms with E-state index in [1.807, 2.05) is 0 Å². The van der Waals surface area contributed by atoms with Gasteiger partial charge in [-0.1, -0.05) is 18.2 Å². The molecule has 0 saturated carbocycles. The van der Waals surface area contributed by atoms with Crippen molar-refractivity contribution in [3.05, 3.63) is 29.3 Å². The molecule has 1 aromatic carbocycles. The molecule has 2 saturated heterocycles. The Kier molecular flexibility index (Phi) is 8.87. The highest BCUT2D eigenvalue weighted by atomic mass is 35.5. The molecule has 2 fully saturated rings. The zero-order chi connectivity index (χ0) is 18.4. The van der Waals surface area contributed by atoms with Crippen molar-refractivity contribution in [2.45, 2.75) is 45.6 Å². The summed E-state index contributed by atoms with van der Waals surface area (Å²) < 4.78 is 6.05. The lowest BCUT2D eigenvalue weighted by Crippen LogP contribution is -2.46. The van der Waals surface area contributed by atoms with Gasteiger partial charge in [-0.3, -0.25) is 9.69 Å². The molecule has 0 bridgehead atoms. The number of rotatable bonds is 7. The topological polar surface area (TPSA) is 53.6 Å². The molecular formula is C21H34ClN3O2. The Balaban J connectivity index is 0.00000261. The van der Waals surface area contributed by atoms with Gasteiger partial charge in [-0.25, -0.2) is 0 Å². The maximum atomic E-state index is 12.2. The Bertz CT molecular complexity index is 585. The first-order valence-corrected chi connectivity index (χ1v) is 10.1. The van der Waals surface area contributed by atoms with Crippen molar-refractivity contribution in [1.29, 1.82) is 0 Å². The van der Waals surface area contributed by atoms with E-state index < -0.39 is 0 Å². The summed E-state index contributed by atoms with van der Waals surface area (Å²) in [5.74, 6) is 1.75. The summed E-state index contributed by atoms with van der Waals surface area (Å²) in [7, 11) is 0. The smallest absolute Gasteiger partial charge is 0.237 e. The predicted molar refractivity (Wildman–Crippen MR) is 112 cm³/mol. The first-order valence-electron chi connectivity index (χ1n) is 10.1. The third kappa shape index (κ3) is 6.37. The molecule has 5 nitrogen and oxygen atoms in total. The highest BCUT2D eigenvalue weighted by Crippen LogP contribution is 2.22. The fraction of sp³-hybridized carbons (Fsp3) is 0.667. The van der Waals surface area contributed by atoms with Gasteiger partial charge in [0.05, 0.1) is 6.04 Å². The maximum absolute atomic E-state index is 12.2. The third-order valence-corrected chi connectivity index (χ3v) is 5.61. The van der Waals surface area contributed by atoms with Gasteiger partial charge in [0.25, 0.3) is 0 Å². The van der Waals surface area contributed by atoms with Crippen LogP contribution in [0.3, 0.4) is 0 Å². The molecule has 27 heavy (non-hydrogen) atoms. The van der Waals surface area contributed by atoms with Gasteiger partial charge in [0.15, 0.2) is 0 Å². The molecule has 152 valence electrons. The van der Waals surface area contributed by atoms with Crippen LogP contribution in [0.2, 0.25) is 0 Å². The summed E-state index contributed by atoms with van der Waals surface area (Å²) in [6.07, 6.45) is 4.48. The van der Waals surface area contributed by atoms with Crippen molar-refractivity contribution in [2.75, 3.05) is 39.3 Å². The fourth-order valence-electron chi connectivity index (χ4n) is 4.10. The van der Waals surface area contributed by atoms with E-state index in [0.717, 1.165) is 57.9 Å². The van der Waals surface area contributed by atoms with E-state index in [1.54, 1.807) is 0 Å². The molecule has 0 aromatic heterocycles. The number of hydrogen-bond acceptors (Lipinski definition) is 4. The minimum absolute atomic E-state index is 0. The molecule has 1 amide bonds. The Hall–Kier alpha value is -1.30. The summed E-state index contributed by atoms with van der Waals surface area (Å²) in [5.41, 5.74) is 2.40. The highest BCUT2D eigenvalue weighted by Gasteiger charge is 2.24. The molecule has 0 radical (unpaired) electrons. The van der Waals surface area contributed by atoms with Gasteiger partial charge in [0.1, 0.15) is 12.4 Å². The SMILES string of the molecule is Cc1cccc(C)c1OCCN1CCCC(CNC(=O)C2CCCN2)C1.Cl. The Labute approximate surface area is 169 Å². The first-order chi connectivity index (χ1) is 12.6. The van der Waals surface area contributed by atoms with Crippen molar-refractivity contribution in [1.82, 2.24) is 15.5 Å². The molecule has 2 N–H and O–H groups in total. The van der Waals surface area contributed by atoms with E-state index in [9.17, 15) is 4.79 Å². The standard InChI is InChI=1S/C21H33N3O2.ClH/c1-16-6-3-7-17(2)20(16)26-13-12-24-11-5-8-18(15-24)14-23-21(25)19-9-4-10-22-19;/h3,6-7,18-19,22H,4-5,8-15H2,1-2H3,(H,23,25);1H. The number of likely N-dealkylation sites (tertiary alicyclic amines) is 1. The predicted octanol–water partition coefficient (Wildman–Crippen LogP) is 2.68. The van der Waals surface area contributed by atoms with Crippen molar-refractivity contribution in [3.63, 3.8) is 0 Å². The van der Waals surface area contributed by atoms with Crippen molar-refractivity contribution in [3.8, 4) is 5.75 Å². The molecule has 3 rings (SSSR count). The van der Waals surface area contributed by atoms with Crippen molar-refractivity contribution >= 4 is 18.3 Å². The quantitative estimate of drug-likeness (QED) is 0.745. The van der Waals surface area contributed by atoms with Crippen molar-refractivity contribution in [2.24, 2.45) is 5.92 Å². The van der Waals surface area contributed by atoms with Crippen LogP contribution < -0.4 is 15.4 Å². The highest BCUT2D eigenvalue weighted by molar-refractivity contribution is 5.85. The third-order valence-electron chi connectivity index (χ3n) is 5.61. The monoisotopic (exact) mass is 395 g/mol. The number of carbonyl (C=O) groups excluding carboxylic acids is 1. The van der Waals surface area contributed by atoms with Crippen LogP contribution in [0.4, 0.5) is 0 Å². The minimum Gasteiger partial charge on any atom is -0.492 e. The van der Waals surface area contributed by atoms with Crippen LogP contribution in [0.5, 0.6) is 5.75 Å². The van der Waals surface area contributed by atoms with E-state index >= 15 is 0 Å². The van der Waals surface area contributed by atoms with Crippen LogP contribution in [-0.2, 0) is 4.79 Å². The number of carbonyl (C=O) groups is 1. The molecule has 2 aliphatic rings. The van der Waals surface area contributed by atoms with Crippen LogP contribution in [0, 0.1) is 19.8 Å². The maximum Gasteiger partial charge on any atom is 0.237 e. The van der Waals surface area contributed by atoms with Crippen LogP contribution in [0.25, 0.3) is 0 Å². The van der Waals surface area contributed by atoms with Gasteiger partial charge in [0, 0.05) is 19.6 Å². The van der Waals surface area contributed by atoms with Gasteiger partial charge < -0.3 is 15.4 Å². The number of nitrogens with zero attached hydrogens (tertiary/aromatic N) is 1. The number of aryl methyl sites for hydroxylation is 2. The summed E-state index contributed by atoms with van der Waals surface area (Å²) >= 11 is 0. The number of halogens is 1. The molecule has 2 aliphatic heterocycles. The van der Waals surface area contributed by atoms with Gasteiger partial charge in [-0.05, 0) is 69.7 Å². The van der Waals surface area contributed by atoms with E-state index in [4.69, 9.17) is 4.74 Å². The molecular weight excluding hydrogens is 362 g/mol. The lowest BCUT2D eigenvalue weighted by molar-refractivity contribution is -0.123. The van der Waals surface area contributed by atoms with Crippen LogP contribution in [0.15, 0.2) is 18.2 Å². The minimum atomic E-state index is 0. The second-order valence-corrected chi connectivity index (χ2v) is 7.77. The van der Waals surface area contributed by atoms with Crippen molar-refractivity contribution < 1.29 is 9.53 Å². The lowest BCUT2D eigenvalue weighted by atomic mass is 9.98. The second kappa shape index (κ2) is 10.9. The summed E-state index contributed by atoms with van der Waals surface area (Å²) in [5, 5.41) is 6.42. The average Bonchev–Trinajstić information content (AvgIpc) is 3.17. The number of nitrogens with one attached hydrogen (secondary N) is 2. The summed E-state index contributed by atoms with van der Waals surface area (Å²) in [6, 6.07) is 6.30. The normalized spacial score (nSPS) is 22.9. The number of benzene rings is 1. The number of amides is 1. The fourth-order valence-corrected chi connectivity index (χ4v) is 4.10. The van der Waals surface area contributed by atoms with Gasteiger partial charge in [-0.15, -0.1) is 12.4 Å². The Morgan fingerprint density at radius 1 is 1.26 bits per heavy atom. The van der Waals surface area contributed by atoms with E-state index in [0.29, 0.717) is 5.92 Å². The molecule has 0 aliphatic carbocycles. The molecule has 2 heterocycles. The summed E-state index contributed by atoms with van der Waals surface area (Å²) in [4.78, 5) is 14.6. The largest absolute Gasteiger partial charge is 0.492 e. The molecule has 6 heteroatoms.